The van der Waals surface area contributed by atoms with Crippen LogP contribution in [0.1, 0.15) is 5.56 Å². The van der Waals surface area contributed by atoms with E-state index in [0.717, 1.165) is 6.21 Å². The Morgan fingerprint density at radius 2 is 1.89 bits per heavy atom. The van der Waals surface area contributed by atoms with Gasteiger partial charge in [-0.3, -0.25) is 14.9 Å². The van der Waals surface area contributed by atoms with Gasteiger partial charge in [0.2, 0.25) is 12.9 Å². The number of fused-ring (bicyclic) bond motifs is 2. The fourth-order valence-corrected chi connectivity index (χ4v) is 2.59. The Morgan fingerprint density at radius 1 is 1.15 bits per heavy atom. The van der Waals surface area contributed by atoms with E-state index in [1.54, 1.807) is 24.3 Å². The number of nitro groups is 1. The molecule has 10 heteroatoms. The molecule has 2 aromatic rings. The van der Waals surface area contributed by atoms with Crippen LogP contribution in [0.4, 0.5) is 5.69 Å². The average molecular weight is 371 g/mol. The van der Waals surface area contributed by atoms with Crippen molar-refractivity contribution in [1.29, 1.82) is 0 Å². The Morgan fingerprint density at radius 3 is 2.67 bits per heavy atom. The molecule has 2 aromatic carbocycles. The van der Waals surface area contributed by atoms with E-state index in [4.69, 9.17) is 18.9 Å². The monoisotopic (exact) mass is 371 g/mol. The fourth-order valence-electron chi connectivity index (χ4n) is 2.59. The second kappa shape index (κ2) is 6.83. The van der Waals surface area contributed by atoms with Crippen LogP contribution in [0, 0.1) is 10.1 Å². The zero-order valence-corrected chi connectivity index (χ0v) is 13.8. The molecule has 1 N–H and O–H groups in total. The van der Waals surface area contributed by atoms with Gasteiger partial charge in [0.25, 0.3) is 11.6 Å². The quantitative estimate of drug-likeness (QED) is 0.492. The second-order valence-electron chi connectivity index (χ2n) is 5.62. The van der Waals surface area contributed by atoms with Gasteiger partial charge in [0.1, 0.15) is 6.61 Å². The number of hydrazone groups is 1. The molecule has 138 valence electrons. The van der Waals surface area contributed by atoms with E-state index < -0.39 is 16.9 Å². The molecule has 0 bridgehead atoms. The SMILES string of the molecule is O=C(NN=Cc1cc2c(cc1[N+](=O)[O-])OCO2)[C@H]1COc2ccccc2O1. The van der Waals surface area contributed by atoms with Gasteiger partial charge >= 0.3 is 0 Å². The molecule has 0 aliphatic carbocycles. The highest BCUT2D eigenvalue weighted by Crippen LogP contribution is 2.37. The molecule has 1 atom stereocenters. The summed E-state index contributed by atoms with van der Waals surface area (Å²) in [6.45, 7) is 0.0207. The van der Waals surface area contributed by atoms with Crippen molar-refractivity contribution >= 4 is 17.8 Å². The minimum atomic E-state index is -0.885. The maximum Gasteiger partial charge on any atom is 0.284 e. The number of hydrogen-bond donors (Lipinski definition) is 1. The smallest absolute Gasteiger partial charge is 0.284 e. The molecule has 27 heavy (non-hydrogen) atoms. The van der Waals surface area contributed by atoms with Crippen molar-refractivity contribution in [2.24, 2.45) is 5.10 Å². The molecule has 0 unspecified atom stereocenters. The van der Waals surface area contributed by atoms with E-state index >= 15 is 0 Å². The Bertz CT molecular complexity index is 944. The van der Waals surface area contributed by atoms with Crippen LogP contribution in [-0.2, 0) is 4.79 Å². The summed E-state index contributed by atoms with van der Waals surface area (Å²) < 4.78 is 21.4. The van der Waals surface area contributed by atoms with Gasteiger partial charge < -0.3 is 18.9 Å². The topological polar surface area (TPSA) is 122 Å². The molecule has 4 rings (SSSR count). The first kappa shape index (κ1) is 16.6. The third kappa shape index (κ3) is 3.32. The van der Waals surface area contributed by atoms with Gasteiger partial charge in [-0.1, -0.05) is 12.1 Å². The number of carbonyl (C=O) groups is 1. The van der Waals surface area contributed by atoms with Gasteiger partial charge in [0.05, 0.1) is 22.8 Å². The first-order valence-corrected chi connectivity index (χ1v) is 7.91. The van der Waals surface area contributed by atoms with Crippen molar-refractivity contribution in [3.8, 4) is 23.0 Å². The van der Waals surface area contributed by atoms with E-state index in [1.807, 2.05) is 0 Å². The number of hydrogen-bond acceptors (Lipinski definition) is 8. The van der Waals surface area contributed by atoms with Crippen molar-refractivity contribution in [1.82, 2.24) is 5.43 Å². The second-order valence-corrected chi connectivity index (χ2v) is 5.62. The van der Waals surface area contributed by atoms with Gasteiger partial charge in [-0.25, -0.2) is 5.43 Å². The summed E-state index contributed by atoms with van der Waals surface area (Å²) >= 11 is 0. The maximum absolute atomic E-state index is 12.2. The summed E-state index contributed by atoms with van der Waals surface area (Å²) in [4.78, 5) is 22.8. The number of carbonyl (C=O) groups excluding carboxylic acids is 1. The normalized spacial score (nSPS) is 17.0. The number of benzene rings is 2. The van der Waals surface area contributed by atoms with Crippen molar-refractivity contribution in [2.75, 3.05) is 13.4 Å². The van der Waals surface area contributed by atoms with Crippen LogP contribution in [0.5, 0.6) is 23.0 Å². The first-order valence-electron chi connectivity index (χ1n) is 7.91. The Labute approximate surface area is 152 Å². The zero-order chi connectivity index (χ0) is 18.8. The zero-order valence-electron chi connectivity index (χ0n) is 13.8. The molecule has 0 spiro atoms. The van der Waals surface area contributed by atoms with Crippen LogP contribution in [0.15, 0.2) is 41.5 Å². The lowest BCUT2D eigenvalue weighted by molar-refractivity contribution is -0.385. The third-order valence-electron chi connectivity index (χ3n) is 3.90. The predicted molar refractivity (Wildman–Crippen MR) is 91.3 cm³/mol. The molecule has 0 fully saturated rings. The molecule has 2 heterocycles. The Balaban J connectivity index is 1.45. The summed E-state index contributed by atoms with van der Waals surface area (Å²) in [6.07, 6.45) is 0.277. The largest absolute Gasteiger partial charge is 0.485 e. The first-order chi connectivity index (χ1) is 13.1. The van der Waals surface area contributed by atoms with Crippen LogP contribution in [0.2, 0.25) is 0 Å². The Hall–Kier alpha value is -3.82. The lowest BCUT2D eigenvalue weighted by atomic mass is 10.1. The predicted octanol–water partition coefficient (Wildman–Crippen LogP) is 1.61. The van der Waals surface area contributed by atoms with E-state index in [1.165, 1.54) is 12.1 Å². The highest BCUT2D eigenvalue weighted by Gasteiger charge is 2.27. The van der Waals surface area contributed by atoms with Crippen LogP contribution < -0.4 is 24.4 Å². The molecule has 0 radical (unpaired) electrons. The van der Waals surface area contributed by atoms with Crippen molar-refractivity contribution in [2.45, 2.75) is 6.10 Å². The molecular formula is C17H13N3O7. The number of amides is 1. The maximum atomic E-state index is 12.2. The number of nitrogens with zero attached hydrogens (tertiary/aromatic N) is 2. The van der Waals surface area contributed by atoms with Crippen molar-refractivity contribution in [3.05, 3.63) is 52.1 Å². The van der Waals surface area contributed by atoms with E-state index in [0.29, 0.717) is 17.2 Å². The lowest BCUT2D eigenvalue weighted by Gasteiger charge is -2.24. The van der Waals surface area contributed by atoms with Gasteiger partial charge in [-0.15, -0.1) is 0 Å². The van der Waals surface area contributed by atoms with Crippen molar-refractivity contribution < 1.29 is 28.7 Å². The molecule has 1 amide bonds. The van der Waals surface area contributed by atoms with Gasteiger partial charge in [0, 0.05) is 0 Å². The van der Waals surface area contributed by atoms with Crippen molar-refractivity contribution in [3.63, 3.8) is 0 Å². The van der Waals surface area contributed by atoms with Crippen LogP contribution in [-0.4, -0.2) is 36.5 Å². The average Bonchev–Trinajstić information content (AvgIpc) is 3.14. The molecule has 10 nitrogen and oxygen atoms in total. The summed E-state index contributed by atoms with van der Waals surface area (Å²) in [5.74, 6) is 1.13. The minimum Gasteiger partial charge on any atom is -0.485 e. The van der Waals surface area contributed by atoms with E-state index in [-0.39, 0.29) is 30.4 Å². The molecule has 0 saturated heterocycles. The highest BCUT2D eigenvalue weighted by molar-refractivity contribution is 5.89. The summed E-state index contributed by atoms with van der Waals surface area (Å²) in [5.41, 5.74) is 2.24. The van der Waals surface area contributed by atoms with Crippen LogP contribution in [0.3, 0.4) is 0 Å². The fraction of sp³-hybridized carbons (Fsp3) is 0.176. The molecule has 2 aliphatic rings. The van der Waals surface area contributed by atoms with Gasteiger partial charge in [0.15, 0.2) is 23.0 Å². The van der Waals surface area contributed by atoms with E-state index in [9.17, 15) is 14.9 Å². The number of nitro benzene ring substituents is 1. The van der Waals surface area contributed by atoms with Crippen LogP contribution in [0.25, 0.3) is 0 Å². The molecular weight excluding hydrogens is 358 g/mol. The lowest BCUT2D eigenvalue weighted by Crippen LogP contribution is -2.42. The molecule has 0 saturated carbocycles. The standard InChI is InChI=1S/C17H13N3O7/c21-17(16-8-24-12-3-1-2-4-13(12)27-16)19-18-7-10-5-14-15(26-9-25-14)6-11(10)20(22)23/h1-7,16H,8-9H2,(H,19,21)/t16-/m1/s1. The number of ether oxygens (including phenoxy) is 4. The molecule has 0 aromatic heterocycles. The summed E-state index contributed by atoms with van der Waals surface area (Å²) in [7, 11) is 0. The third-order valence-corrected chi connectivity index (χ3v) is 3.90. The Kier molecular flexibility index (Phi) is 4.21. The summed E-state index contributed by atoms with van der Waals surface area (Å²) in [6, 6.07) is 9.66. The minimum absolute atomic E-state index is 0.00961. The highest BCUT2D eigenvalue weighted by atomic mass is 16.7. The van der Waals surface area contributed by atoms with Gasteiger partial charge in [-0.05, 0) is 18.2 Å². The van der Waals surface area contributed by atoms with Crippen LogP contribution >= 0.6 is 0 Å². The summed E-state index contributed by atoms with van der Waals surface area (Å²) in [5, 5.41) is 15.0. The number of nitrogens with one attached hydrogen (secondary N) is 1. The van der Waals surface area contributed by atoms with E-state index in [2.05, 4.69) is 10.5 Å². The van der Waals surface area contributed by atoms with Gasteiger partial charge in [-0.2, -0.15) is 5.10 Å². The number of rotatable bonds is 4. The molecule has 2 aliphatic heterocycles. The number of para-hydroxylation sites is 2.